The third-order valence-corrected chi connectivity index (χ3v) is 5.49. The van der Waals surface area contributed by atoms with Crippen molar-refractivity contribution in [1.82, 2.24) is 30.5 Å². The van der Waals surface area contributed by atoms with Gasteiger partial charge in [0, 0.05) is 33.7 Å². The molecule has 0 aliphatic carbocycles. The number of aromatic amines is 2. The number of nitrogens with zero attached hydrogens (tertiary/aromatic N) is 3. The molecule has 2 aromatic carbocycles. The molecule has 0 spiro atoms. The molecule has 11 heteroatoms. The molecule has 0 saturated heterocycles. The highest BCUT2D eigenvalue weighted by atomic mass is 16.5. The lowest BCUT2D eigenvalue weighted by Gasteiger charge is -2.08. The van der Waals surface area contributed by atoms with Gasteiger partial charge in [0.2, 0.25) is 5.88 Å². The average Bonchev–Trinajstić information content (AvgIpc) is 3.54. The fourth-order valence-electron chi connectivity index (χ4n) is 3.71. The number of ether oxygens (including phenoxy) is 1. The van der Waals surface area contributed by atoms with Crippen LogP contribution < -0.4 is 22.1 Å². The number of H-pyrrole nitrogens is 2. The van der Waals surface area contributed by atoms with E-state index in [-0.39, 0.29) is 11.6 Å². The normalized spacial score (nSPS) is 12.1. The highest BCUT2D eigenvalue weighted by Gasteiger charge is 2.14. The van der Waals surface area contributed by atoms with Crippen LogP contribution in [-0.2, 0) is 4.74 Å². The van der Waals surface area contributed by atoms with E-state index in [1.54, 1.807) is 24.5 Å². The Morgan fingerprint density at radius 3 is 2.81 bits per heavy atom. The first kappa shape index (κ1) is 22.5. The lowest BCUT2D eigenvalue weighted by molar-refractivity contribution is 0.0960. The zero-order chi connectivity index (χ0) is 25.1. The largest absolute Gasteiger partial charge is 0.481 e. The number of carbonyl (C=O) groups excluding carboxylic acids is 1. The SMILES string of the molecule is CO/C(N)=C(/C=C\N)NC(=O)c1cc2ccc(-c3nccc(Nc4ccc5[nH]ncc5c4)n3)cc2[nH]1. The highest BCUT2D eigenvalue weighted by Crippen LogP contribution is 2.25. The summed E-state index contributed by atoms with van der Waals surface area (Å²) in [4.78, 5) is 25.0. The molecular formula is C25H23N9O2. The molecule has 0 radical (unpaired) electrons. The number of allylic oxidation sites excluding steroid dienone is 1. The van der Waals surface area contributed by atoms with Gasteiger partial charge in [0.1, 0.15) is 17.2 Å². The van der Waals surface area contributed by atoms with Gasteiger partial charge in [-0.15, -0.1) is 0 Å². The second-order valence-corrected chi connectivity index (χ2v) is 7.84. The monoisotopic (exact) mass is 481 g/mol. The predicted octanol–water partition coefficient (Wildman–Crippen LogP) is 3.22. The number of amides is 1. The van der Waals surface area contributed by atoms with Crippen LogP contribution in [0.2, 0.25) is 0 Å². The summed E-state index contributed by atoms with van der Waals surface area (Å²) >= 11 is 0. The first-order chi connectivity index (χ1) is 17.5. The molecular weight excluding hydrogens is 458 g/mol. The number of anilines is 2. The molecule has 180 valence electrons. The Hall–Kier alpha value is -5.32. The number of fused-ring (bicyclic) bond motifs is 2. The van der Waals surface area contributed by atoms with Crippen molar-refractivity contribution in [3.05, 3.63) is 90.5 Å². The maximum atomic E-state index is 12.8. The number of nitrogens with one attached hydrogen (secondary N) is 4. The van der Waals surface area contributed by atoms with Crippen molar-refractivity contribution >= 4 is 39.2 Å². The van der Waals surface area contributed by atoms with Gasteiger partial charge in [-0.25, -0.2) is 9.97 Å². The van der Waals surface area contributed by atoms with Crippen molar-refractivity contribution in [2.24, 2.45) is 11.5 Å². The second kappa shape index (κ2) is 9.50. The van der Waals surface area contributed by atoms with E-state index in [1.807, 2.05) is 36.4 Å². The van der Waals surface area contributed by atoms with E-state index in [9.17, 15) is 4.79 Å². The molecule has 0 atom stereocenters. The summed E-state index contributed by atoms with van der Waals surface area (Å²) < 4.78 is 4.99. The number of carbonyl (C=O) groups is 1. The highest BCUT2D eigenvalue weighted by molar-refractivity contribution is 5.99. The Bertz CT molecular complexity index is 1630. The zero-order valence-corrected chi connectivity index (χ0v) is 19.2. The summed E-state index contributed by atoms with van der Waals surface area (Å²) in [5, 5.41) is 14.8. The van der Waals surface area contributed by atoms with Crippen molar-refractivity contribution in [2.45, 2.75) is 0 Å². The molecule has 0 bridgehead atoms. The standard InChI is InChI=1S/C25H23N9O2/c1-36-23(27)19(6-8-26)32-25(35)21-11-14-2-3-15(12-20(14)31-21)24-28-9-7-22(33-24)30-17-4-5-18-16(10-17)13-29-34-18/h2-13,31H,26-27H2,1H3,(H,29,34)(H,32,35)(H,28,30,33)/b8-6-,23-19-. The fourth-order valence-corrected chi connectivity index (χ4v) is 3.71. The van der Waals surface area contributed by atoms with Crippen molar-refractivity contribution in [2.75, 3.05) is 12.4 Å². The quantitative estimate of drug-likeness (QED) is 0.152. The summed E-state index contributed by atoms with van der Waals surface area (Å²) in [7, 11) is 1.40. The summed E-state index contributed by atoms with van der Waals surface area (Å²) in [5.41, 5.74) is 15.2. The third kappa shape index (κ3) is 4.53. The molecule has 0 aliphatic heterocycles. The summed E-state index contributed by atoms with van der Waals surface area (Å²) in [6, 6.07) is 15.1. The van der Waals surface area contributed by atoms with Crippen LogP contribution in [0.1, 0.15) is 10.5 Å². The van der Waals surface area contributed by atoms with E-state index in [0.717, 1.165) is 33.1 Å². The van der Waals surface area contributed by atoms with E-state index in [4.69, 9.17) is 16.2 Å². The van der Waals surface area contributed by atoms with Crippen molar-refractivity contribution < 1.29 is 9.53 Å². The minimum absolute atomic E-state index is 0.0405. The topological polar surface area (TPSA) is 173 Å². The molecule has 36 heavy (non-hydrogen) atoms. The Morgan fingerprint density at radius 1 is 1.08 bits per heavy atom. The molecule has 11 nitrogen and oxygen atoms in total. The van der Waals surface area contributed by atoms with Crippen LogP contribution >= 0.6 is 0 Å². The van der Waals surface area contributed by atoms with E-state index in [0.29, 0.717) is 17.3 Å². The van der Waals surface area contributed by atoms with Crippen molar-refractivity contribution in [3.8, 4) is 11.4 Å². The van der Waals surface area contributed by atoms with E-state index in [1.165, 1.54) is 19.4 Å². The van der Waals surface area contributed by atoms with Crippen LogP contribution in [0.25, 0.3) is 33.2 Å². The van der Waals surface area contributed by atoms with E-state index >= 15 is 0 Å². The van der Waals surface area contributed by atoms with Crippen LogP contribution in [0.4, 0.5) is 11.5 Å². The Labute approximate surface area is 205 Å². The molecule has 3 heterocycles. The lowest BCUT2D eigenvalue weighted by Crippen LogP contribution is -2.25. The Balaban J connectivity index is 1.38. The number of nitrogens with two attached hydrogens (primary N) is 2. The first-order valence-corrected chi connectivity index (χ1v) is 10.9. The number of aromatic nitrogens is 5. The van der Waals surface area contributed by atoms with E-state index < -0.39 is 5.91 Å². The summed E-state index contributed by atoms with van der Waals surface area (Å²) in [5.74, 6) is 0.840. The van der Waals surface area contributed by atoms with Gasteiger partial charge < -0.3 is 31.8 Å². The Morgan fingerprint density at radius 2 is 1.97 bits per heavy atom. The lowest BCUT2D eigenvalue weighted by atomic mass is 10.1. The zero-order valence-electron chi connectivity index (χ0n) is 19.2. The molecule has 5 rings (SSSR count). The van der Waals surface area contributed by atoms with Gasteiger partial charge in [-0.2, -0.15) is 5.10 Å². The minimum atomic E-state index is -0.391. The van der Waals surface area contributed by atoms with Gasteiger partial charge in [-0.1, -0.05) is 12.1 Å². The van der Waals surface area contributed by atoms with Crippen LogP contribution in [-0.4, -0.2) is 38.2 Å². The molecule has 5 aromatic rings. The van der Waals surface area contributed by atoms with Crippen molar-refractivity contribution in [3.63, 3.8) is 0 Å². The van der Waals surface area contributed by atoms with Crippen molar-refractivity contribution in [1.29, 1.82) is 0 Å². The molecule has 0 unspecified atom stereocenters. The minimum Gasteiger partial charge on any atom is -0.481 e. The molecule has 1 amide bonds. The average molecular weight is 482 g/mol. The number of hydrogen-bond acceptors (Lipinski definition) is 8. The van der Waals surface area contributed by atoms with Gasteiger partial charge in [0.25, 0.3) is 5.91 Å². The van der Waals surface area contributed by atoms with Gasteiger partial charge in [0.15, 0.2) is 5.82 Å². The fraction of sp³-hybridized carbons (Fsp3) is 0.0400. The van der Waals surface area contributed by atoms with Crippen LogP contribution in [0.5, 0.6) is 0 Å². The van der Waals surface area contributed by atoms with Gasteiger partial charge in [0.05, 0.1) is 18.8 Å². The summed E-state index contributed by atoms with van der Waals surface area (Å²) in [6.45, 7) is 0. The van der Waals surface area contributed by atoms with Gasteiger partial charge in [-0.05, 0) is 48.7 Å². The van der Waals surface area contributed by atoms with Crippen LogP contribution in [0.15, 0.2) is 84.8 Å². The Kier molecular flexibility index (Phi) is 5.93. The number of benzene rings is 2. The second-order valence-electron chi connectivity index (χ2n) is 7.84. The predicted molar refractivity (Wildman–Crippen MR) is 138 cm³/mol. The smallest absolute Gasteiger partial charge is 0.272 e. The molecule has 0 saturated carbocycles. The van der Waals surface area contributed by atoms with Crippen LogP contribution in [0.3, 0.4) is 0 Å². The molecule has 8 N–H and O–H groups in total. The maximum absolute atomic E-state index is 12.8. The van der Waals surface area contributed by atoms with Gasteiger partial charge >= 0.3 is 0 Å². The number of hydrogen-bond donors (Lipinski definition) is 6. The third-order valence-electron chi connectivity index (χ3n) is 5.49. The number of rotatable bonds is 7. The maximum Gasteiger partial charge on any atom is 0.272 e. The molecule has 0 aliphatic rings. The summed E-state index contributed by atoms with van der Waals surface area (Å²) in [6.07, 6.45) is 6.17. The van der Waals surface area contributed by atoms with Gasteiger partial charge in [-0.3, -0.25) is 9.89 Å². The van der Waals surface area contributed by atoms with Crippen LogP contribution in [0, 0.1) is 0 Å². The van der Waals surface area contributed by atoms with E-state index in [2.05, 4.69) is 35.8 Å². The first-order valence-electron chi connectivity index (χ1n) is 10.9. The molecule has 3 aromatic heterocycles. The molecule has 0 fully saturated rings. The number of methoxy groups -OCH3 is 1.